The number of thiophene rings is 1. The molecule has 1 aromatic heterocycles. The van der Waals surface area contributed by atoms with Crippen LogP contribution in [0.1, 0.15) is 60.8 Å². The van der Waals surface area contributed by atoms with E-state index in [1.54, 1.807) is 11.8 Å². The number of thioether (sulfide) groups is 1. The third kappa shape index (κ3) is 6.10. The maximum Gasteiger partial charge on any atom is 0.341 e. The number of carbonyl (C=O) groups is 4. The number of fused-ring (bicyclic) bond motifs is 1. The second-order valence-electron chi connectivity index (χ2n) is 8.91. The van der Waals surface area contributed by atoms with Gasteiger partial charge in [0, 0.05) is 34.8 Å². The van der Waals surface area contributed by atoms with Gasteiger partial charge in [0.2, 0.25) is 17.7 Å². The van der Waals surface area contributed by atoms with Crippen LogP contribution in [-0.4, -0.2) is 47.0 Å². The third-order valence-corrected chi connectivity index (χ3v) is 8.70. The molecule has 36 heavy (non-hydrogen) atoms. The Morgan fingerprint density at radius 2 is 1.97 bits per heavy atom. The number of amides is 3. The molecule has 2 heterocycles. The molecule has 4 rings (SSSR count). The first-order valence-corrected chi connectivity index (χ1v) is 14.0. The predicted molar refractivity (Wildman–Crippen MR) is 141 cm³/mol. The molecule has 0 radical (unpaired) electrons. The molecule has 8 nitrogen and oxygen atoms in total. The quantitative estimate of drug-likeness (QED) is 0.361. The highest BCUT2D eigenvalue weighted by atomic mass is 32.2. The topological polar surface area (TPSA) is 105 Å². The van der Waals surface area contributed by atoms with Crippen molar-refractivity contribution in [1.82, 2.24) is 4.90 Å². The highest BCUT2D eigenvalue weighted by molar-refractivity contribution is 8.00. The van der Waals surface area contributed by atoms with Gasteiger partial charge in [-0.1, -0.05) is 13.0 Å². The lowest BCUT2D eigenvalue weighted by Gasteiger charge is -2.25. The number of esters is 1. The van der Waals surface area contributed by atoms with E-state index in [0.29, 0.717) is 36.5 Å². The first kappa shape index (κ1) is 26.2. The predicted octanol–water partition coefficient (Wildman–Crippen LogP) is 4.69. The van der Waals surface area contributed by atoms with E-state index in [1.165, 1.54) is 30.0 Å². The summed E-state index contributed by atoms with van der Waals surface area (Å²) in [5, 5.41) is 5.99. The van der Waals surface area contributed by atoms with Crippen LogP contribution < -0.4 is 10.6 Å². The fourth-order valence-corrected chi connectivity index (χ4v) is 6.36. The monoisotopic (exact) mass is 529 g/mol. The fourth-order valence-electron chi connectivity index (χ4n) is 4.10. The molecular formula is C26H31N3O5S2. The van der Waals surface area contributed by atoms with Crippen LogP contribution in [0.2, 0.25) is 0 Å². The number of benzene rings is 1. The average Bonchev–Trinajstić information content (AvgIpc) is 3.64. The van der Waals surface area contributed by atoms with Crippen molar-refractivity contribution >= 4 is 57.5 Å². The second kappa shape index (κ2) is 11.5. The van der Waals surface area contributed by atoms with E-state index in [1.807, 2.05) is 31.2 Å². The highest BCUT2D eigenvalue weighted by Crippen LogP contribution is 2.39. The summed E-state index contributed by atoms with van der Waals surface area (Å²) >= 11 is 2.75. The molecule has 2 aliphatic rings. The van der Waals surface area contributed by atoms with Crippen LogP contribution in [0.15, 0.2) is 29.2 Å². The smallest absolute Gasteiger partial charge is 0.341 e. The molecule has 3 amide bonds. The van der Waals surface area contributed by atoms with E-state index in [9.17, 15) is 19.2 Å². The summed E-state index contributed by atoms with van der Waals surface area (Å²) in [4.78, 5) is 53.6. The van der Waals surface area contributed by atoms with Crippen molar-refractivity contribution in [2.75, 3.05) is 23.8 Å². The lowest BCUT2D eigenvalue weighted by molar-refractivity contribution is -0.129. The number of hydrogen-bond donors (Lipinski definition) is 2. The summed E-state index contributed by atoms with van der Waals surface area (Å²) in [7, 11) is 0. The van der Waals surface area contributed by atoms with Crippen molar-refractivity contribution in [2.45, 2.75) is 63.1 Å². The van der Waals surface area contributed by atoms with Crippen LogP contribution in [0.3, 0.4) is 0 Å². The van der Waals surface area contributed by atoms with E-state index in [2.05, 4.69) is 10.6 Å². The van der Waals surface area contributed by atoms with Gasteiger partial charge < -0.3 is 20.3 Å². The number of nitrogens with one attached hydrogen (secondary N) is 2. The van der Waals surface area contributed by atoms with E-state index >= 15 is 0 Å². The summed E-state index contributed by atoms with van der Waals surface area (Å²) in [5.41, 5.74) is 1.97. The van der Waals surface area contributed by atoms with Gasteiger partial charge >= 0.3 is 5.97 Å². The first-order valence-electron chi connectivity index (χ1n) is 12.3. The average molecular weight is 530 g/mol. The van der Waals surface area contributed by atoms with Crippen molar-refractivity contribution in [3.63, 3.8) is 0 Å². The van der Waals surface area contributed by atoms with Gasteiger partial charge in [-0.2, -0.15) is 0 Å². The van der Waals surface area contributed by atoms with Gasteiger partial charge in [0.25, 0.3) is 0 Å². The van der Waals surface area contributed by atoms with Crippen LogP contribution >= 0.6 is 23.1 Å². The number of hydrogen-bond acceptors (Lipinski definition) is 7. The summed E-state index contributed by atoms with van der Waals surface area (Å²) in [6, 6.07) is 7.50. The van der Waals surface area contributed by atoms with E-state index in [4.69, 9.17) is 4.74 Å². The maximum absolute atomic E-state index is 13.3. The molecule has 1 aliphatic carbocycles. The summed E-state index contributed by atoms with van der Waals surface area (Å²) in [6.45, 7) is 6.40. The van der Waals surface area contributed by atoms with Crippen LogP contribution in [0.5, 0.6) is 0 Å². The highest BCUT2D eigenvalue weighted by Gasteiger charge is 2.32. The molecule has 2 N–H and O–H groups in total. The lowest BCUT2D eigenvalue weighted by Crippen LogP contribution is -2.34. The Morgan fingerprint density at radius 3 is 2.64 bits per heavy atom. The zero-order valence-corrected chi connectivity index (χ0v) is 22.4. The minimum atomic E-state index is -0.457. The molecule has 192 valence electrons. The largest absolute Gasteiger partial charge is 0.462 e. The Bertz CT molecular complexity index is 1170. The van der Waals surface area contributed by atoms with Gasteiger partial charge in [0.05, 0.1) is 24.0 Å². The van der Waals surface area contributed by atoms with Crippen LogP contribution in [0.4, 0.5) is 10.7 Å². The molecule has 10 heteroatoms. The molecule has 0 spiro atoms. The minimum Gasteiger partial charge on any atom is -0.462 e. The Balaban J connectivity index is 1.50. The number of anilines is 2. The van der Waals surface area contributed by atoms with Crippen molar-refractivity contribution in [1.29, 1.82) is 0 Å². The normalized spacial score (nSPS) is 15.6. The van der Waals surface area contributed by atoms with Crippen LogP contribution in [0.25, 0.3) is 0 Å². The first-order chi connectivity index (χ1) is 17.3. The zero-order valence-electron chi connectivity index (χ0n) is 20.7. The molecule has 1 aromatic carbocycles. The van der Waals surface area contributed by atoms with Crippen molar-refractivity contribution in [3.05, 3.63) is 40.3 Å². The number of rotatable bonds is 9. The van der Waals surface area contributed by atoms with E-state index < -0.39 is 11.2 Å². The molecule has 0 saturated heterocycles. The molecule has 0 bridgehead atoms. The van der Waals surface area contributed by atoms with E-state index in [-0.39, 0.29) is 30.2 Å². The Morgan fingerprint density at radius 1 is 1.19 bits per heavy atom. The van der Waals surface area contributed by atoms with Gasteiger partial charge in [-0.25, -0.2) is 4.79 Å². The number of ether oxygens (including phenoxy) is 1. The SMILES string of the molecule is CCOC(=O)c1c(NC(=O)C(CC)Sc2cccc(NC(=O)C3CC3)c2)sc2c1CCN(C(C)=O)C2. The zero-order chi connectivity index (χ0) is 25.8. The van der Waals surface area contributed by atoms with Crippen LogP contribution in [0, 0.1) is 5.92 Å². The molecule has 2 aromatic rings. The van der Waals surface area contributed by atoms with Gasteiger partial charge in [-0.3, -0.25) is 14.4 Å². The third-order valence-electron chi connectivity index (χ3n) is 6.21. The summed E-state index contributed by atoms with van der Waals surface area (Å²) < 4.78 is 5.29. The van der Waals surface area contributed by atoms with E-state index in [0.717, 1.165) is 33.9 Å². The van der Waals surface area contributed by atoms with Gasteiger partial charge in [-0.05, 0) is 56.4 Å². The minimum absolute atomic E-state index is 0.0182. The molecule has 1 fully saturated rings. The maximum atomic E-state index is 13.3. The van der Waals surface area contributed by atoms with Gasteiger partial charge in [0.15, 0.2) is 0 Å². The molecule has 1 aliphatic heterocycles. The molecule has 1 saturated carbocycles. The lowest BCUT2D eigenvalue weighted by atomic mass is 10.0. The molecular weight excluding hydrogens is 498 g/mol. The summed E-state index contributed by atoms with van der Waals surface area (Å²) in [5.74, 6) is -0.527. The Labute approximate surface area is 219 Å². The number of nitrogens with zero attached hydrogens (tertiary/aromatic N) is 1. The van der Waals surface area contributed by atoms with Crippen LogP contribution in [-0.2, 0) is 32.1 Å². The fraction of sp³-hybridized carbons (Fsp3) is 0.462. The molecule has 1 atom stereocenters. The Hall–Kier alpha value is -2.85. The van der Waals surface area contributed by atoms with Gasteiger partial charge in [-0.15, -0.1) is 23.1 Å². The van der Waals surface area contributed by atoms with Crippen molar-refractivity contribution < 1.29 is 23.9 Å². The Kier molecular flexibility index (Phi) is 8.35. The van der Waals surface area contributed by atoms with Gasteiger partial charge in [0.1, 0.15) is 5.00 Å². The standard InChI is InChI=1S/C26H31N3O5S2/c1-4-20(35-18-8-6-7-17(13-18)27-23(31)16-9-10-16)24(32)28-25-22(26(33)34-5-2)19-11-12-29(15(3)30)14-21(19)36-25/h6-8,13,16,20H,4-5,9-12,14H2,1-3H3,(H,27,31)(H,28,32). The van der Waals surface area contributed by atoms with Crippen molar-refractivity contribution in [3.8, 4) is 0 Å². The van der Waals surface area contributed by atoms with Crippen molar-refractivity contribution in [2.24, 2.45) is 5.92 Å². The molecule has 1 unspecified atom stereocenters. The second-order valence-corrected chi connectivity index (χ2v) is 11.3. The summed E-state index contributed by atoms with van der Waals surface area (Å²) in [6.07, 6.45) is 2.99. The number of carbonyl (C=O) groups excluding carboxylic acids is 4.